The fraction of sp³-hybridized carbons (Fsp3) is 0.375. The van der Waals surface area contributed by atoms with Gasteiger partial charge in [0.15, 0.2) is 6.61 Å². The van der Waals surface area contributed by atoms with E-state index >= 15 is 0 Å². The molecule has 0 aliphatic carbocycles. The Hall–Kier alpha value is -2.48. The Labute approximate surface area is 138 Å². The molecular weight excluding hydrogens is 320 g/mol. The fourth-order valence-corrected chi connectivity index (χ4v) is 2.18. The fourth-order valence-electron chi connectivity index (χ4n) is 2.18. The standard InChI is InChI=1S/C16H19F2N3O3/c1-10-7-15(20-24-10)23-9-14(22)19-8-13(21(2)3)16-11(17)5-4-6-12(16)18/h4-7,13H,8-9H2,1-3H3,(H,19,22)/t13-/m1/s1. The molecule has 130 valence electrons. The number of nitrogens with zero attached hydrogens (tertiary/aromatic N) is 2. The second kappa shape index (κ2) is 7.87. The van der Waals surface area contributed by atoms with Crippen molar-refractivity contribution in [2.75, 3.05) is 27.2 Å². The lowest BCUT2D eigenvalue weighted by atomic mass is 10.0. The number of halogens is 2. The van der Waals surface area contributed by atoms with Crippen LogP contribution in [0.2, 0.25) is 0 Å². The maximum atomic E-state index is 13.9. The number of amides is 1. The number of benzene rings is 1. The van der Waals surface area contributed by atoms with Crippen molar-refractivity contribution in [3.8, 4) is 5.88 Å². The predicted molar refractivity (Wildman–Crippen MR) is 82.5 cm³/mol. The van der Waals surface area contributed by atoms with E-state index in [0.717, 1.165) is 0 Å². The van der Waals surface area contributed by atoms with E-state index in [1.807, 2.05) is 0 Å². The molecule has 0 aliphatic rings. The van der Waals surface area contributed by atoms with Crippen molar-refractivity contribution in [1.82, 2.24) is 15.4 Å². The van der Waals surface area contributed by atoms with Gasteiger partial charge >= 0.3 is 0 Å². The van der Waals surface area contributed by atoms with Crippen molar-refractivity contribution in [2.45, 2.75) is 13.0 Å². The van der Waals surface area contributed by atoms with Gasteiger partial charge in [0.1, 0.15) is 17.4 Å². The lowest BCUT2D eigenvalue weighted by Crippen LogP contribution is -2.37. The SMILES string of the molecule is Cc1cc(OCC(=O)NC[C@H](c2c(F)cccc2F)N(C)C)no1. The minimum absolute atomic E-state index is 0.0326. The topological polar surface area (TPSA) is 67.6 Å². The summed E-state index contributed by atoms with van der Waals surface area (Å²) in [4.78, 5) is 13.5. The third-order valence-electron chi connectivity index (χ3n) is 3.41. The number of nitrogens with one attached hydrogen (secondary N) is 1. The van der Waals surface area contributed by atoms with Crippen LogP contribution in [0.25, 0.3) is 0 Å². The van der Waals surface area contributed by atoms with Gasteiger partial charge in [-0.1, -0.05) is 6.07 Å². The Balaban J connectivity index is 1.95. The molecule has 0 saturated heterocycles. The molecule has 8 heteroatoms. The van der Waals surface area contributed by atoms with Gasteiger partial charge in [0, 0.05) is 18.2 Å². The molecule has 1 aromatic heterocycles. The molecule has 1 N–H and O–H groups in total. The van der Waals surface area contributed by atoms with Gasteiger partial charge in [0.05, 0.1) is 6.04 Å². The van der Waals surface area contributed by atoms with Gasteiger partial charge in [-0.15, -0.1) is 0 Å². The van der Waals surface area contributed by atoms with Crippen LogP contribution in [0, 0.1) is 18.6 Å². The number of rotatable bonds is 7. The van der Waals surface area contributed by atoms with E-state index in [9.17, 15) is 13.6 Å². The van der Waals surface area contributed by atoms with E-state index in [4.69, 9.17) is 9.26 Å². The maximum Gasteiger partial charge on any atom is 0.258 e. The van der Waals surface area contributed by atoms with Crippen LogP contribution in [0.15, 0.2) is 28.8 Å². The predicted octanol–water partition coefficient (Wildman–Crippen LogP) is 2.06. The van der Waals surface area contributed by atoms with Gasteiger partial charge in [0.25, 0.3) is 11.8 Å². The second-order valence-corrected chi connectivity index (χ2v) is 5.48. The van der Waals surface area contributed by atoms with Crippen molar-refractivity contribution in [2.24, 2.45) is 0 Å². The summed E-state index contributed by atoms with van der Waals surface area (Å²) in [6, 6.07) is 4.57. The molecule has 24 heavy (non-hydrogen) atoms. The first-order valence-electron chi connectivity index (χ1n) is 7.31. The van der Waals surface area contributed by atoms with Gasteiger partial charge < -0.3 is 19.5 Å². The number of carbonyl (C=O) groups excluding carboxylic acids is 1. The zero-order valence-electron chi connectivity index (χ0n) is 13.7. The van der Waals surface area contributed by atoms with E-state index in [1.165, 1.54) is 18.2 Å². The smallest absolute Gasteiger partial charge is 0.258 e. The highest BCUT2D eigenvalue weighted by Crippen LogP contribution is 2.23. The monoisotopic (exact) mass is 339 g/mol. The summed E-state index contributed by atoms with van der Waals surface area (Å²) in [5.41, 5.74) is -0.0872. The maximum absolute atomic E-state index is 13.9. The molecule has 1 heterocycles. The van der Waals surface area contributed by atoms with Crippen LogP contribution in [-0.2, 0) is 4.79 Å². The normalized spacial score (nSPS) is 12.2. The third-order valence-corrected chi connectivity index (χ3v) is 3.41. The Kier molecular flexibility index (Phi) is 5.86. The van der Waals surface area contributed by atoms with Gasteiger partial charge in [-0.25, -0.2) is 8.78 Å². The van der Waals surface area contributed by atoms with Crippen molar-refractivity contribution < 1.29 is 22.8 Å². The molecule has 6 nitrogen and oxygen atoms in total. The molecule has 0 bridgehead atoms. The molecule has 2 aromatic rings. The summed E-state index contributed by atoms with van der Waals surface area (Å²) in [5.74, 6) is -0.978. The number of ether oxygens (including phenoxy) is 1. The molecule has 0 radical (unpaired) electrons. The van der Waals surface area contributed by atoms with Gasteiger partial charge in [0.2, 0.25) is 0 Å². The molecule has 0 unspecified atom stereocenters. The van der Waals surface area contributed by atoms with Crippen LogP contribution in [0.5, 0.6) is 5.88 Å². The molecule has 1 atom stereocenters. The van der Waals surface area contributed by atoms with Crippen LogP contribution in [-0.4, -0.2) is 43.2 Å². The minimum atomic E-state index is -0.655. The first-order valence-corrected chi connectivity index (χ1v) is 7.31. The molecule has 0 aliphatic heterocycles. The van der Waals surface area contributed by atoms with Gasteiger partial charge in [-0.2, -0.15) is 0 Å². The summed E-state index contributed by atoms with van der Waals surface area (Å²) in [7, 11) is 3.36. The van der Waals surface area contributed by atoms with E-state index in [1.54, 1.807) is 32.0 Å². The van der Waals surface area contributed by atoms with Crippen molar-refractivity contribution in [3.63, 3.8) is 0 Å². The van der Waals surface area contributed by atoms with E-state index in [-0.39, 0.29) is 24.6 Å². The second-order valence-electron chi connectivity index (χ2n) is 5.48. The zero-order chi connectivity index (χ0) is 17.7. The van der Waals surface area contributed by atoms with Gasteiger partial charge in [-0.05, 0) is 38.3 Å². The van der Waals surface area contributed by atoms with Gasteiger partial charge in [-0.3, -0.25) is 4.79 Å². The lowest BCUT2D eigenvalue weighted by Gasteiger charge is -2.25. The average molecular weight is 339 g/mol. The molecule has 2 rings (SSSR count). The van der Waals surface area contributed by atoms with Crippen LogP contribution < -0.4 is 10.1 Å². The largest absolute Gasteiger partial charge is 0.465 e. The quantitative estimate of drug-likeness (QED) is 0.836. The highest BCUT2D eigenvalue weighted by atomic mass is 19.1. The summed E-state index contributed by atoms with van der Waals surface area (Å²) in [6.07, 6.45) is 0. The number of aromatic nitrogens is 1. The van der Waals surface area contributed by atoms with Crippen LogP contribution in [0.3, 0.4) is 0 Å². The Morgan fingerprint density at radius 1 is 1.38 bits per heavy atom. The molecule has 0 spiro atoms. The Morgan fingerprint density at radius 2 is 2.04 bits per heavy atom. The molecule has 1 aromatic carbocycles. The van der Waals surface area contributed by atoms with Crippen molar-refractivity contribution in [1.29, 1.82) is 0 Å². The minimum Gasteiger partial charge on any atom is -0.465 e. The van der Waals surface area contributed by atoms with Crippen LogP contribution in [0.4, 0.5) is 8.78 Å². The van der Waals surface area contributed by atoms with Crippen molar-refractivity contribution in [3.05, 3.63) is 47.2 Å². The number of aryl methyl sites for hydroxylation is 1. The summed E-state index contributed by atoms with van der Waals surface area (Å²) in [6.45, 7) is 1.46. The summed E-state index contributed by atoms with van der Waals surface area (Å²) < 4.78 is 37.8. The molecule has 0 saturated carbocycles. The average Bonchev–Trinajstić information content (AvgIpc) is 2.93. The van der Waals surface area contributed by atoms with Crippen LogP contribution >= 0.6 is 0 Å². The number of likely N-dealkylation sites (N-methyl/N-ethyl adjacent to an activating group) is 1. The first-order chi connectivity index (χ1) is 11.4. The van der Waals surface area contributed by atoms with Crippen molar-refractivity contribution >= 4 is 5.91 Å². The first kappa shape index (κ1) is 17.9. The van der Waals surface area contributed by atoms with Crippen LogP contribution in [0.1, 0.15) is 17.4 Å². The van der Waals surface area contributed by atoms with E-state index in [2.05, 4.69) is 10.5 Å². The number of hydrogen-bond donors (Lipinski definition) is 1. The van der Waals surface area contributed by atoms with E-state index in [0.29, 0.717) is 5.76 Å². The summed E-state index contributed by atoms with van der Waals surface area (Å²) >= 11 is 0. The molecule has 0 fully saturated rings. The third kappa shape index (κ3) is 4.51. The molecular formula is C16H19F2N3O3. The van der Waals surface area contributed by atoms with E-state index < -0.39 is 23.6 Å². The lowest BCUT2D eigenvalue weighted by molar-refractivity contribution is -0.123. The highest BCUT2D eigenvalue weighted by molar-refractivity contribution is 5.77. The number of carbonyl (C=O) groups is 1. The Bertz CT molecular complexity index is 683. The molecule has 1 amide bonds. The summed E-state index contributed by atoms with van der Waals surface area (Å²) in [5, 5.41) is 6.19. The number of hydrogen-bond acceptors (Lipinski definition) is 5. The Morgan fingerprint density at radius 3 is 2.58 bits per heavy atom. The zero-order valence-corrected chi connectivity index (χ0v) is 13.7. The highest BCUT2D eigenvalue weighted by Gasteiger charge is 2.22.